The summed E-state index contributed by atoms with van der Waals surface area (Å²) < 4.78 is 22.5. The summed E-state index contributed by atoms with van der Waals surface area (Å²) in [5.74, 6) is 0.286. The van der Waals surface area contributed by atoms with Crippen LogP contribution in [0.5, 0.6) is 0 Å². The first-order chi connectivity index (χ1) is 6.16. The molecule has 0 aliphatic carbocycles. The topological polar surface area (TPSA) is 55.4 Å². The highest BCUT2D eigenvalue weighted by Gasteiger charge is 2.16. The summed E-state index contributed by atoms with van der Waals surface area (Å²) in [4.78, 5) is 5.27. The third-order valence-corrected chi connectivity index (χ3v) is 3.40. The highest BCUT2D eigenvalue weighted by molar-refractivity contribution is 7.91. The van der Waals surface area contributed by atoms with Gasteiger partial charge in [0.1, 0.15) is 0 Å². The average molecular weight is 223 g/mol. The largest absolute Gasteiger partial charge is 0.296 e. The molecule has 1 unspecified atom stereocenters. The standard InChI is InChI=1S/C9H21NO3S/c1-6-14(11,12)7-8(2)10-13-9(3,4)5/h8,10H,6-7H2,1-5H3. The highest BCUT2D eigenvalue weighted by atomic mass is 32.2. The minimum Gasteiger partial charge on any atom is -0.296 e. The summed E-state index contributed by atoms with van der Waals surface area (Å²) in [6.07, 6.45) is 0. The Hall–Kier alpha value is -0.130. The van der Waals surface area contributed by atoms with E-state index in [0.29, 0.717) is 0 Å². The number of sulfone groups is 1. The van der Waals surface area contributed by atoms with E-state index in [9.17, 15) is 8.42 Å². The fourth-order valence-electron chi connectivity index (χ4n) is 0.810. The van der Waals surface area contributed by atoms with Crippen molar-refractivity contribution in [3.63, 3.8) is 0 Å². The van der Waals surface area contributed by atoms with Crippen LogP contribution in [-0.4, -0.2) is 31.6 Å². The van der Waals surface area contributed by atoms with Crippen molar-refractivity contribution < 1.29 is 13.3 Å². The molecular weight excluding hydrogens is 202 g/mol. The van der Waals surface area contributed by atoms with Gasteiger partial charge in [-0.1, -0.05) is 6.92 Å². The van der Waals surface area contributed by atoms with Crippen LogP contribution < -0.4 is 5.48 Å². The third kappa shape index (κ3) is 7.29. The molecule has 0 aromatic carbocycles. The molecule has 0 spiro atoms. The van der Waals surface area contributed by atoms with E-state index in [0.717, 1.165) is 0 Å². The van der Waals surface area contributed by atoms with Crippen molar-refractivity contribution in [1.82, 2.24) is 5.48 Å². The Morgan fingerprint density at radius 1 is 1.36 bits per heavy atom. The molecule has 14 heavy (non-hydrogen) atoms. The van der Waals surface area contributed by atoms with Gasteiger partial charge in [0.15, 0.2) is 9.84 Å². The molecule has 0 heterocycles. The summed E-state index contributed by atoms with van der Waals surface area (Å²) in [7, 11) is -2.93. The molecular formula is C9H21NO3S. The molecule has 5 heteroatoms. The van der Waals surface area contributed by atoms with Crippen molar-refractivity contribution >= 4 is 9.84 Å². The number of rotatable bonds is 5. The zero-order valence-electron chi connectivity index (χ0n) is 9.62. The fraction of sp³-hybridized carbons (Fsp3) is 1.00. The van der Waals surface area contributed by atoms with Gasteiger partial charge in [-0.15, -0.1) is 0 Å². The zero-order chi connectivity index (χ0) is 11.4. The maximum absolute atomic E-state index is 11.2. The lowest BCUT2D eigenvalue weighted by Crippen LogP contribution is -2.39. The van der Waals surface area contributed by atoms with Crippen molar-refractivity contribution in [3.8, 4) is 0 Å². The molecule has 0 bridgehead atoms. The van der Waals surface area contributed by atoms with E-state index in [1.165, 1.54) is 0 Å². The van der Waals surface area contributed by atoms with Crippen molar-refractivity contribution in [1.29, 1.82) is 0 Å². The average Bonchev–Trinajstić information content (AvgIpc) is 1.99. The monoisotopic (exact) mass is 223 g/mol. The zero-order valence-corrected chi connectivity index (χ0v) is 10.4. The Balaban J connectivity index is 3.95. The molecule has 86 valence electrons. The normalized spacial score (nSPS) is 15.5. The van der Waals surface area contributed by atoms with Gasteiger partial charge in [-0.25, -0.2) is 8.42 Å². The van der Waals surface area contributed by atoms with Gasteiger partial charge in [0.05, 0.1) is 11.4 Å². The first-order valence-corrected chi connectivity index (χ1v) is 6.62. The van der Waals surface area contributed by atoms with Gasteiger partial charge in [0.2, 0.25) is 0 Å². The molecule has 0 aromatic rings. The maximum atomic E-state index is 11.2. The Morgan fingerprint density at radius 3 is 2.21 bits per heavy atom. The predicted octanol–water partition coefficient (Wildman–Crippen LogP) is 1.13. The second-order valence-electron chi connectivity index (χ2n) is 4.43. The van der Waals surface area contributed by atoms with Crippen LogP contribution in [0.2, 0.25) is 0 Å². The minimum absolute atomic E-state index is 0.111. The summed E-state index contributed by atoms with van der Waals surface area (Å²) in [5.41, 5.74) is 2.43. The molecule has 1 N–H and O–H groups in total. The molecule has 0 fully saturated rings. The Morgan fingerprint density at radius 2 is 1.86 bits per heavy atom. The van der Waals surface area contributed by atoms with E-state index < -0.39 is 9.84 Å². The SMILES string of the molecule is CCS(=O)(=O)CC(C)NOC(C)(C)C. The highest BCUT2D eigenvalue weighted by Crippen LogP contribution is 2.05. The molecule has 0 saturated carbocycles. The van der Waals surface area contributed by atoms with Crippen molar-refractivity contribution in [3.05, 3.63) is 0 Å². The Kier molecular flexibility index (Phi) is 5.05. The lowest BCUT2D eigenvalue weighted by atomic mass is 10.2. The molecule has 0 amide bonds. The second-order valence-corrected chi connectivity index (χ2v) is 6.83. The van der Waals surface area contributed by atoms with Crippen LogP contribution in [0.15, 0.2) is 0 Å². The lowest BCUT2D eigenvalue weighted by Gasteiger charge is -2.22. The van der Waals surface area contributed by atoms with Crippen molar-refractivity contribution in [2.24, 2.45) is 0 Å². The van der Waals surface area contributed by atoms with Gasteiger partial charge in [0, 0.05) is 11.8 Å². The Labute approximate surface area is 86.9 Å². The van der Waals surface area contributed by atoms with Gasteiger partial charge < -0.3 is 0 Å². The van der Waals surface area contributed by atoms with Crippen LogP contribution >= 0.6 is 0 Å². The van der Waals surface area contributed by atoms with Gasteiger partial charge in [-0.05, 0) is 27.7 Å². The molecule has 0 rings (SSSR count). The smallest absolute Gasteiger partial charge is 0.151 e. The summed E-state index contributed by atoms with van der Waals surface area (Å²) in [6.45, 7) is 9.15. The molecule has 0 aromatic heterocycles. The molecule has 0 saturated heterocycles. The second kappa shape index (κ2) is 5.09. The van der Waals surface area contributed by atoms with Gasteiger partial charge in [-0.2, -0.15) is 5.48 Å². The quantitative estimate of drug-likeness (QED) is 0.710. The van der Waals surface area contributed by atoms with E-state index in [1.54, 1.807) is 13.8 Å². The molecule has 0 radical (unpaired) electrons. The lowest BCUT2D eigenvalue weighted by molar-refractivity contribution is -0.0830. The fourth-order valence-corrected chi connectivity index (χ4v) is 1.88. The molecule has 1 atom stereocenters. The van der Waals surface area contributed by atoms with Crippen molar-refractivity contribution in [2.75, 3.05) is 11.5 Å². The van der Waals surface area contributed by atoms with Crippen LogP contribution in [-0.2, 0) is 14.7 Å². The number of nitrogens with one attached hydrogen (secondary N) is 1. The van der Waals surface area contributed by atoms with Crippen molar-refractivity contribution in [2.45, 2.75) is 46.3 Å². The van der Waals surface area contributed by atoms with E-state index in [2.05, 4.69) is 5.48 Å². The van der Waals surface area contributed by atoms with Gasteiger partial charge in [0.25, 0.3) is 0 Å². The van der Waals surface area contributed by atoms with Gasteiger partial charge in [-0.3, -0.25) is 4.84 Å². The number of hydrogen-bond donors (Lipinski definition) is 1. The van der Waals surface area contributed by atoms with Crippen LogP contribution in [0.4, 0.5) is 0 Å². The first kappa shape index (κ1) is 13.9. The number of hydrogen-bond acceptors (Lipinski definition) is 4. The van der Waals surface area contributed by atoms with Crippen LogP contribution in [0.3, 0.4) is 0 Å². The number of hydroxylamine groups is 1. The molecule has 0 aliphatic heterocycles. The Bertz CT molecular complexity index is 254. The minimum atomic E-state index is -2.93. The first-order valence-electron chi connectivity index (χ1n) is 4.80. The van der Waals surface area contributed by atoms with Crippen LogP contribution in [0.1, 0.15) is 34.6 Å². The summed E-state index contributed by atoms with van der Waals surface area (Å²) in [5, 5.41) is 0. The van der Waals surface area contributed by atoms with E-state index in [4.69, 9.17) is 4.84 Å². The molecule has 4 nitrogen and oxygen atoms in total. The van der Waals surface area contributed by atoms with E-state index in [1.807, 2.05) is 20.8 Å². The van der Waals surface area contributed by atoms with Crippen LogP contribution in [0.25, 0.3) is 0 Å². The van der Waals surface area contributed by atoms with E-state index in [-0.39, 0.29) is 23.1 Å². The summed E-state index contributed by atoms with van der Waals surface area (Å²) in [6, 6.07) is -0.181. The van der Waals surface area contributed by atoms with Gasteiger partial charge >= 0.3 is 0 Å². The van der Waals surface area contributed by atoms with E-state index >= 15 is 0 Å². The molecule has 0 aliphatic rings. The third-order valence-electron chi connectivity index (χ3n) is 1.51. The summed E-state index contributed by atoms with van der Waals surface area (Å²) >= 11 is 0. The predicted molar refractivity (Wildman–Crippen MR) is 57.8 cm³/mol. The van der Waals surface area contributed by atoms with Crippen LogP contribution in [0, 0.1) is 0 Å². The maximum Gasteiger partial charge on any atom is 0.151 e.